The van der Waals surface area contributed by atoms with E-state index in [9.17, 15) is 20.1 Å². The number of aryl methyl sites for hydroxylation is 1. The predicted octanol–water partition coefficient (Wildman–Crippen LogP) is -0.448. The summed E-state index contributed by atoms with van der Waals surface area (Å²) in [6, 6.07) is 6.92. The van der Waals surface area contributed by atoms with E-state index in [2.05, 4.69) is 5.32 Å². The van der Waals surface area contributed by atoms with Crippen molar-refractivity contribution in [3.63, 3.8) is 0 Å². The van der Waals surface area contributed by atoms with Crippen molar-refractivity contribution in [3.8, 4) is 0 Å². The zero-order chi connectivity index (χ0) is 14.9. The van der Waals surface area contributed by atoms with E-state index in [-0.39, 0.29) is 0 Å². The van der Waals surface area contributed by atoms with E-state index in [1.54, 1.807) is 31.2 Å². The molecule has 0 spiro atoms. The Morgan fingerprint density at radius 2 is 1.70 bits per heavy atom. The fourth-order valence-corrected chi connectivity index (χ4v) is 2.09. The topological polar surface area (TPSA) is 99.0 Å². The van der Waals surface area contributed by atoms with Crippen LogP contribution in [-0.2, 0) is 4.74 Å². The van der Waals surface area contributed by atoms with E-state index in [1.165, 1.54) is 0 Å². The van der Waals surface area contributed by atoms with Crippen molar-refractivity contribution in [1.29, 1.82) is 0 Å². The smallest absolute Gasteiger partial charge is 0.253 e. The van der Waals surface area contributed by atoms with Crippen molar-refractivity contribution in [2.45, 2.75) is 44.5 Å². The summed E-state index contributed by atoms with van der Waals surface area (Å²) in [6.45, 7) is 3.47. The quantitative estimate of drug-likeness (QED) is 0.588. The maximum Gasteiger partial charge on any atom is 0.253 e. The molecule has 6 nitrogen and oxygen atoms in total. The number of benzene rings is 1. The fraction of sp³-hybridized carbons (Fsp3) is 0.500. The highest BCUT2D eigenvalue weighted by molar-refractivity contribution is 5.94. The molecular weight excluding hydrogens is 262 g/mol. The second kappa shape index (κ2) is 5.88. The molecule has 1 heterocycles. The molecule has 4 N–H and O–H groups in total. The van der Waals surface area contributed by atoms with Gasteiger partial charge in [-0.25, -0.2) is 0 Å². The van der Waals surface area contributed by atoms with E-state index in [0.717, 1.165) is 5.56 Å². The predicted molar refractivity (Wildman–Crippen MR) is 71.0 cm³/mol. The van der Waals surface area contributed by atoms with Gasteiger partial charge in [0.25, 0.3) is 5.91 Å². The molecule has 0 aliphatic carbocycles. The van der Waals surface area contributed by atoms with Crippen LogP contribution in [-0.4, -0.2) is 51.9 Å². The van der Waals surface area contributed by atoms with Crippen LogP contribution in [0.3, 0.4) is 0 Å². The first-order valence-corrected chi connectivity index (χ1v) is 6.47. The number of amides is 1. The van der Waals surface area contributed by atoms with Gasteiger partial charge in [0.2, 0.25) is 0 Å². The molecule has 1 aromatic rings. The van der Waals surface area contributed by atoms with E-state index in [4.69, 9.17) is 4.74 Å². The van der Waals surface area contributed by atoms with Gasteiger partial charge in [0.1, 0.15) is 18.3 Å². The van der Waals surface area contributed by atoms with Crippen LogP contribution in [0, 0.1) is 6.92 Å². The zero-order valence-electron chi connectivity index (χ0n) is 11.4. The Hall–Kier alpha value is -1.47. The molecule has 0 bridgehead atoms. The Morgan fingerprint density at radius 3 is 2.30 bits per heavy atom. The van der Waals surface area contributed by atoms with E-state index < -0.39 is 36.6 Å². The molecule has 1 saturated heterocycles. The number of hydrogen-bond acceptors (Lipinski definition) is 5. The molecule has 1 aromatic carbocycles. The molecule has 1 aliphatic heterocycles. The lowest BCUT2D eigenvalue weighted by molar-refractivity contribution is -0.221. The van der Waals surface area contributed by atoms with Crippen LogP contribution in [0.2, 0.25) is 0 Å². The average Bonchev–Trinajstić information content (AvgIpc) is 2.43. The molecule has 1 fully saturated rings. The molecule has 0 radical (unpaired) electrons. The van der Waals surface area contributed by atoms with E-state index in [1.807, 2.05) is 6.92 Å². The van der Waals surface area contributed by atoms with Crippen molar-refractivity contribution in [1.82, 2.24) is 5.32 Å². The third kappa shape index (κ3) is 2.99. The first-order chi connectivity index (χ1) is 9.40. The molecule has 0 unspecified atom stereocenters. The summed E-state index contributed by atoms with van der Waals surface area (Å²) in [5.74, 6) is -0.412. The molecule has 20 heavy (non-hydrogen) atoms. The third-order valence-electron chi connectivity index (χ3n) is 3.44. The highest BCUT2D eigenvalue weighted by Crippen LogP contribution is 2.19. The highest BCUT2D eigenvalue weighted by atomic mass is 16.5. The number of aliphatic hydroxyl groups excluding tert-OH is 3. The van der Waals surface area contributed by atoms with E-state index >= 15 is 0 Å². The van der Waals surface area contributed by atoms with Gasteiger partial charge in [-0.05, 0) is 26.0 Å². The largest absolute Gasteiger partial charge is 0.388 e. The number of nitrogens with one attached hydrogen (secondary N) is 1. The van der Waals surface area contributed by atoms with Crippen LogP contribution in [0.4, 0.5) is 0 Å². The Labute approximate surface area is 117 Å². The number of aliphatic hydroxyl groups is 3. The molecule has 5 atom stereocenters. The summed E-state index contributed by atoms with van der Waals surface area (Å²) in [6.07, 6.45) is -5.66. The lowest BCUT2D eigenvalue weighted by Crippen LogP contribution is -2.61. The van der Waals surface area contributed by atoms with E-state index in [0.29, 0.717) is 5.56 Å². The maximum absolute atomic E-state index is 12.0. The van der Waals surface area contributed by atoms with Gasteiger partial charge in [-0.3, -0.25) is 4.79 Å². The van der Waals surface area contributed by atoms with Crippen molar-refractivity contribution < 1.29 is 24.9 Å². The number of carbonyl (C=O) groups is 1. The van der Waals surface area contributed by atoms with Crippen LogP contribution >= 0.6 is 0 Å². The summed E-state index contributed by atoms with van der Waals surface area (Å²) in [7, 11) is 0. The molecule has 0 aromatic heterocycles. The van der Waals surface area contributed by atoms with Crippen LogP contribution < -0.4 is 5.32 Å². The number of carbonyl (C=O) groups excluding carboxylic acids is 1. The normalized spacial score (nSPS) is 33.8. The summed E-state index contributed by atoms with van der Waals surface area (Å²) in [5, 5.41) is 31.6. The number of rotatable bonds is 2. The Bertz CT molecular complexity index is 475. The maximum atomic E-state index is 12.0. The highest BCUT2D eigenvalue weighted by Gasteiger charge is 2.42. The minimum atomic E-state index is -1.38. The van der Waals surface area contributed by atoms with Crippen molar-refractivity contribution >= 4 is 5.91 Å². The van der Waals surface area contributed by atoms with Gasteiger partial charge in [-0.1, -0.05) is 17.7 Å². The van der Waals surface area contributed by atoms with Gasteiger partial charge in [0, 0.05) is 5.56 Å². The van der Waals surface area contributed by atoms with Crippen molar-refractivity contribution in [2.24, 2.45) is 0 Å². The Kier molecular flexibility index (Phi) is 4.39. The summed E-state index contributed by atoms with van der Waals surface area (Å²) in [4.78, 5) is 12.0. The Morgan fingerprint density at radius 1 is 1.10 bits per heavy atom. The van der Waals surface area contributed by atoms with Gasteiger partial charge >= 0.3 is 0 Å². The molecule has 1 aliphatic rings. The molecular formula is C14H19NO5. The second-order valence-electron chi connectivity index (χ2n) is 5.07. The van der Waals surface area contributed by atoms with Gasteiger partial charge in [0.05, 0.1) is 6.10 Å². The SMILES string of the molecule is Cc1ccc(C(=O)N[C@H]2O[C@@H](C)[C@@H](O)[C@@H](O)[C@@H]2O)cc1. The first-order valence-electron chi connectivity index (χ1n) is 6.47. The molecule has 110 valence electrons. The summed E-state index contributed by atoms with van der Waals surface area (Å²) >= 11 is 0. The van der Waals surface area contributed by atoms with Gasteiger partial charge in [0.15, 0.2) is 6.23 Å². The molecule has 1 amide bonds. The summed E-state index contributed by atoms with van der Waals surface area (Å²) in [5.41, 5.74) is 1.46. The first kappa shape index (κ1) is 14.9. The minimum absolute atomic E-state index is 0.412. The van der Waals surface area contributed by atoms with Gasteiger partial charge < -0.3 is 25.4 Å². The number of hydrogen-bond donors (Lipinski definition) is 4. The average molecular weight is 281 g/mol. The molecule has 0 saturated carbocycles. The van der Waals surface area contributed by atoms with Gasteiger partial charge in [-0.2, -0.15) is 0 Å². The van der Waals surface area contributed by atoms with Crippen LogP contribution in [0.15, 0.2) is 24.3 Å². The van der Waals surface area contributed by atoms with Crippen molar-refractivity contribution in [2.75, 3.05) is 0 Å². The molecule has 2 rings (SSSR count). The lowest BCUT2D eigenvalue weighted by atomic mass is 9.99. The monoisotopic (exact) mass is 281 g/mol. The zero-order valence-corrected chi connectivity index (χ0v) is 11.4. The van der Waals surface area contributed by atoms with Crippen LogP contribution in [0.5, 0.6) is 0 Å². The fourth-order valence-electron chi connectivity index (χ4n) is 2.09. The number of ether oxygens (including phenoxy) is 1. The second-order valence-corrected chi connectivity index (χ2v) is 5.07. The third-order valence-corrected chi connectivity index (χ3v) is 3.44. The Balaban J connectivity index is 2.05. The minimum Gasteiger partial charge on any atom is -0.388 e. The lowest BCUT2D eigenvalue weighted by Gasteiger charge is -2.39. The van der Waals surface area contributed by atoms with Crippen LogP contribution in [0.25, 0.3) is 0 Å². The summed E-state index contributed by atoms with van der Waals surface area (Å²) < 4.78 is 5.31. The molecule has 6 heteroatoms. The standard InChI is InChI=1S/C14H19NO5/c1-7-3-5-9(6-4-7)13(19)15-14-12(18)11(17)10(16)8(2)20-14/h3-6,8,10-12,14,16-18H,1-2H3,(H,15,19)/t8-,10+,11+,12-,14-/m0/s1. The van der Waals surface area contributed by atoms with Crippen molar-refractivity contribution in [3.05, 3.63) is 35.4 Å². The van der Waals surface area contributed by atoms with Gasteiger partial charge in [-0.15, -0.1) is 0 Å². The van der Waals surface area contributed by atoms with Crippen LogP contribution in [0.1, 0.15) is 22.8 Å².